The largest absolute Gasteiger partial charge is 0.383 e. The van der Waals surface area contributed by atoms with Gasteiger partial charge in [0.05, 0.1) is 24.3 Å². The van der Waals surface area contributed by atoms with Gasteiger partial charge in [-0.05, 0) is 45.8 Å². The number of nitrogens with two attached hydrogens (primary N) is 1. The molecule has 21 heavy (non-hydrogen) atoms. The highest BCUT2D eigenvalue weighted by molar-refractivity contribution is 9.11. The lowest BCUT2D eigenvalue weighted by atomic mass is 10.0. The van der Waals surface area contributed by atoms with Crippen molar-refractivity contribution in [3.8, 4) is 21.7 Å². The van der Waals surface area contributed by atoms with E-state index in [0.717, 1.165) is 25.5 Å². The highest BCUT2D eigenvalue weighted by Crippen LogP contribution is 2.41. The molecular weight excluding hydrogens is 393 g/mol. The molecule has 0 aliphatic rings. The van der Waals surface area contributed by atoms with E-state index in [4.69, 9.17) is 28.9 Å². The van der Waals surface area contributed by atoms with E-state index in [2.05, 4.69) is 21.0 Å². The Hall–Kier alpha value is -1.01. The average Bonchev–Trinajstić information content (AvgIpc) is 2.99. The third-order valence-electron chi connectivity index (χ3n) is 3.11. The molecule has 3 rings (SSSR count). The summed E-state index contributed by atoms with van der Waals surface area (Å²) in [6.45, 7) is 0. The van der Waals surface area contributed by atoms with E-state index in [1.54, 1.807) is 22.1 Å². The maximum atomic E-state index is 6.19. The molecule has 0 unspecified atom stereocenters. The zero-order valence-corrected chi connectivity index (χ0v) is 14.8. The molecule has 2 aromatic heterocycles. The van der Waals surface area contributed by atoms with Gasteiger partial charge in [-0.1, -0.05) is 29.3 Å². The van der Waals surface area contributed by atoms with Crippen LogP contribution in [0.5, 0.6) is 0 Å². The normalized spacial score (nSPS) is 11.0. The fourth-order valence-corrected chi connectivity index (χ4v) is 3.76. The second kappa shape index (κ2) is 5.65. The van der Waals surface area contributed by atoms with Gasteiger partial charge in [0.15, 0.2) is 0 Å². The minimum absolute atomic E-state index is 0.496. The van der Waals surface area contributed by atoms with Crippen molar-refractivity contribution in [1.29, 1.82) is 0 Å². The van der Waals surface area contributed by atoms with Crippen molar-refractivity contribution < 1.29 is 0 Å². The number of benzene rings is 1. The molecule has 0 aliphatic heterocycles. The molecule has 1 aromatic carbocycles. The van der Waals surface area contributed by atoms with Crippen LogP contribution in [0.2, 0.25) is 10.0 Å². The highest BCUT2D eigenvalue weighted by Gasteiger charge is 2.19. The lowest BCUT2D eigenvalue weighted by molar-refractivity contribution is 0.783. The Kier molecular flexibility index (Phi) is 4.01. The lowest BCUT2D eigenvalue weighted by Gasteiger charge is -2.05. The van der Waals surface area contributed by atoms with Crippen LogP contribution in [-0.2, 0) is 7.05 Å². The monoisotopic (exact) mass is 401 g/mol. The van der Waals surface area contributed by atoms with Gasteiger partial charge in [-0.2, -0.15) is 5.10 Å². The van der Waals surface area contributed by atoms with Crippen LogP contribution in [0, 0.1) is 0 Å². The van der Waals surface area contributed by atoms with Crippen molar-refractivity contribution in [3.63, 3.8) is 0 Å². The maximum Gasteiger partial charge on any atom is 0.129 e. The Morgan fingerprint density at radius 3 is 2.57 bits per heavy atom. The van der Waals surface area contributed by atoms with Crippen LogP contribution >= 0.6 is 50.5 Å². The van der Waals surface area contributed by atoms with Gasteiger partial charge in [0, 0.05) is 7.05 Å². The molecule has 0 spiro atoms. The highest BCUT2D eigenvalue weighted by atomic mass is 79.9. The second-order valence-electron chi connectivity index (χ2n) is 4.47. The molecule has 108 valence electrons. The molecule has 0 amide bonds. The molecule has 2 heterocycles. The first-order valence-corrected chi connectivity index (χ1v) is 8.37. The molecule has 2 N–H and O–H groups in total. The first-order chi connectivity index (χ1) is 9.97. The van der Waals surface area contributed by atoms with E-state index in [-0.39, 0.29) is 0 Å². The summed E-state index contributed by atoms with van der Waals surface area (Å²) >= 11 is 17.2. The standard InChI is InChI=1S/C14H10BrCl2N3S/c1-20-14(18)12(7-2-3-8(16)9(17)6-7)13(19-20)10-4-5-11(15)21-10/h2-6H,18H2,1H3. The SMILES string of the molecule is Cn1nc(-c2ccc(Br)s2)c(-c2ccc(Cl)c(Cl)c2)c1N. The summed E-state index contributed by atoms with van der Waals surface area (Å²) < 4.78 is 2.71. The first-order valence-electron chi connectivity index (χ1n) is 6.01. The number of rotatable bonds is 2. The number of aromatic nitrogens is 2. The number of hydrogen-bond acceptors (Lipinski definition) is 3. The number of hydrogen-bond donors (Lipinski definition) is 1. The third kappa shape index (κ3) is 2.71. The van der Waals surface area contributed by atoms with E-state index < -0.39 is 0 Å². The molecule has 0 atom stereocenters. The fourth-order valence-electron chi connectivity index (χ4n) is 2.09. The number of halogens is 3. The predicted molar refractivity (Wildman–Crippen MR) is 94.1 cm³/mol. The van der Waals surface area contributed by atoms with Gasteiger partial charge in [0.1, 0.15) is 11.5 Å². The Labute approximate surface area is 144 Å². The summed E-state index contributed by atoms with van der Waals surface area (Å²) in [6, 6.07) is 9.47. The zero-order valence-electron chi connectivity index (χ0n) is 10.9. The van der Waals surface area contributed by atoms with Crippen LogP contribution in [0.3, 0.4) is 0 Å². The van der Waals surface area contributed by atoms with Crippen molar-refractivity contribution in [2.24, 2.45) is 7.05 Å². The molecule has 3 nitrogen and oxygen atoms in total. The smallest absolute Gasteiger partial charge is 0.129 e. The Morgan fingerprint density at radius 2 is 1.95 bits per heavy atom. The average molecular weight is 403 g/mol. The summed E-state index contributed by atoms with van der Waals surface area (Å²) in [7, 11) is 1.82. The quantitative estimate of drug-likeness (QED) is 0.617. The molecule has 0 bridgehead atoms. The summed E-state index contributed by atoms with van der Waals surface area (Å²) in [5, 5.41) is 5.54. The number of aryl methyl sites for hydroxylation is 1. The van der Waals surface area contributed by atoms with Crippen LogP contribution in [0.15, 0.2) is 34.1 Å². The molecule has 0 fully saturated rings. The van der Waals surface area contributed by atoms with Gasteiger partial charge in [0.2, 0.25) is 0 Å². The third-order valence-corrected chi connectivity index (χ3v) is 5.48. The van der Waals surface area contributed by atoms with Crippen molar-refractivity contribution >= 4 is 56.3 Å². The molecule has 0 radical (unpaired) electrons. The Morgan fingerprint density at radius 1 is 1.19 bits per heavy atom. The zero-order chi connectivity index (χ0) is 15.1. The van der Waals surface area contributed by atoms with Crippen LogP contribution in [0.4, 0.5) is 5.82 Å². The molecule has 0 saturated carbocycles. The van der Waals surface area contributed by atoms with Crippen molar-refractivity contribution in [2.45, 2.75) is 0 Å². The predicted octanol–water partition coefficient (Wildman–Crippen LogP) is 5.47. The van der Waals surface area contributed by atoms with Crippen LogP contribution < -0.4 is 5.73 Å². The van der Waals surface area contributed by atoms with Gasteiger partial charge in [-0.25, -0.2) is 0 Å². The fraction of sp³-hybridized carbons (Fsp3) is 0.0714. The van der Waals surface area contributed by atoms with Gasteiger partial charge in [-0.15, -0.1) is 11.3 Å². The molecule has 3 aromatic rings. The summed E-state index contributed by atoms with van der Waals surface area (Å²) in [6.07, 6.45) is 0. The summed E-state index contributed by atoms with van der Waals surface area (Å²) in [5.41, 5.74) is 8.79. The topological polar surface area (TPSA) is 43.8 Å². The second-order valence-corrected chi connectivity index (χ2v) is 7.74. The Balaban J connectivity index is 2.24. The number of nitrogen functional groups attached to an aromatic ring is 1. The van der Waals surface area contributed by atoms with Crippen LogP contribution in [0.1, 0.15) is 0 Å². The summed E-state index contributed by atoms with van der Waals surface area (Å²) in [5.74, 6) is 0.591. The molecule has 0 saturated heterocycles. The minimum Gasteiger partial charge on any atom is -0.383 e. The minimum atomic E-state index is 0.496. The van der Waals surface area contributed by atoms with Crippen LogP contribution in [-0.4, -0.2) is 9.78 Å². The van der Waals surface area contributed by atoms with Crippen molar-refractivity contribution in [2.75, 3.05) is 5.73 Å². The molecule has 0 aliphatic carbocycles. The number of nitrogens with zero attached hydrogens (tertiary/aromatic N) is 2. The number of anilines is 1. The first kappa shape index (κ1) is 14.9. The summed E-state index contributed by atoms with van der Waals surface area (Å²) in [4.78, 5) is 1.04. The van der Waals surface area contributed by atoms with Gasteiger partial charge >= 0.3 is 0 Å². The Bertz CT molecular complexity index is 826. The van der Waals surface area contributed by atoms with E-state index >= 15 is 0 Å². The van der Waals surface area contributed by atoms with E-state index in [9.17, 15) is 0 Å². The van der Waals surface area contributed by atoms with Crippen LogP contribution in [0.25, 0.3) is 21.7 Å². The maximum absolute atomic E-state index is 6.19. The van der Waals surface area contributed by atoms with Gasteiger partial charge < -0.3 is 5.73 Å². The van der Waals surface area contributed by atoms with Gasteiger partial charge in [-0.3, -0.25) is 4.68 Å². The van der Waals surface area contributed by atoms with E-state index in [1.165, 1.54) is 0 Å². The number of thiophene rings is 1. The molecular formula is C14H10BrCl2N3S. The van der Waals surface area contributed by atoms with E-state index in [1.807, 2.05) is 31.3 Å². The van der Waals surface area contributed by atoms with Gasteiger partial charge in [0.25, 0.3) is 0 Å². The van der Waals surface area contributed by atoms with Crippen molar-refractivity contribution in [3.05, 3.63) is 44.2 Å². The molecule has 7 heteroatoms. The lowest BCUT2D eigenvalue weighted by Crippen LogP contribution is -1.97. The van der Waals surface area contributed by atoms with Crippen molar-refractivity contribution in [1.82, 2.24) is 9.78 Å². The van der Waals surface area contributed by atoms with E-state index in [0.29, 0.717) is 15.9 Å².